The lowest BCUT2D eigenvalue weighted by Crippen LogP contribution is -2.03. The second-order valence-corrected chi connectivity index (χ2v) is 5.16. The summed E-state index contributed by atoms with van der Waals surface area (Å²) in [5.41, 5.74) is 3.49. The lowest BCUT2D eigenvalue weighted by Gasteiger charge is -2.08. The summed E-state index contributed by atoms with van der Waals surface area (Å²) in [6, 6.07) is 11.0. The SMILES string of the molecule is COC(=O)c1ccc(C=C(C)CNc2cccnc2Cl)cc1. The molecule has 0 radical (unpaired) electrons. The number of hydrogen-bond acceptors (Lipinski definition) is 4. The van der Waals surface area contributed by atoms with Crippen molar-refractivity contribution in [2.75, 3.05) is 19.0 Å². The third-order valence-electron chi connectivity index (χ3n) is 3.06. The van der Waals surface area contributed by atoms with Crippen molar-refractivity contribution in [3.63, 3.8) is 0 Å². The standard InChI is InChI=1S/C17H17ClN2O2/c1-12(11-20-15-4-3-9-19-16(15)18)10-13-5-7-14(8-6-13)17(21)22-2/h3-10,20H,11H2,1-2H3. The topological polar surface area (TPSA) is 51.2 Å². The van der Waals surface area contributed by atoms with E-state index in [9.17, 15) is 4.79 Å². The Morgan fingerprint density at radius 2 is 2.05 bits per heavy atom. The Kier molecular flexibility index (Phi) is 5.55. The van der Waals surface area contributed by atoms with Crippen LogP contribution in [0.4, 0.5) is 5.69 Å². The van der Waals surface area contributed by atoms with Gasteiger partial charge in [-0.3, -0.25) is 0 Å². The van der Waals surface area contributed by atoms with E-state index < -0.39 is 0 Å². The zero-order chi connectivity index (χ0) is 15.9. The Bertz CT molecular complexity index is 681. The van der Waals surface area contributed by atoms with Gasteiger partial charge < -0.3 is 10.1 Å². The van der Waals surface area contributed by atoms with Crippen LogP contribution < -0.4 is 5.32 Å². The number of nitrogens with one attached hydrogen (secondary N) is 1. The predicted molar refractivity (Wildman–Crippen MR) is 89.2 cm³/mol. The number of methoxy groups -OCH3 is 1. The van der Waals surface area contributed by atoms with Crippen LogP contribution in [0.2, 0.25) is 5.15 Å². The van der Waals surface area contributed by atoms with Crippen LogP contribution in [0.25, 0.3) is 6.08 Å². The fourth-order valence-electron chi connectivity index (χ4n) is 1.92. The van der Waals surface area contributed by atoms with Gasteiger partial charge >= 0.3 is 5.97 Å². The summed E-state index contributed by atoms with van der Waals surface area (Å²) in [6.45, 7) is 2.68. The Labute approximate surface area is 134 Å². The van der Waals surface area contributed by atoms with Crippen molar-refractivity contribution >= 4 is 29.3 Å². The third kappa shape index (κ3) is 4.33. The van der Waals surface area contributed by atoms with E-state index in [-0.39, 0.29) is 5.97 Å². The van der Waals surface area contributed by atoms with E-state index in [1.165, 1.54) is 7.11 Å². The van der Waals surface area contributed by atoms with E-state index in [2.05, 4.69) is 15.0 Å². The van der Waals surface area contributed by atoms with Gasteiger partial charge in [-0.05, 0) is 36.8 Å². The van der Waals surface area contributed by atoms with Crippen molar-refractivity contribution in [2.45, 2.75) is 6.92 Å². The number of halogens is 1. The van der Waals surface area contributed by atoms with Crippen LogP contribution in [0.3, 0.4) is 0 Å². The van der Waals surface area contributed by atoms with Crippen molar-refractivity contribution in [2.24, 2.45) is 0 Å². The number of anilines is 1. The molecule has 22 heavy (non-hydrogen) atoms. The molecule has 0 fully saturated rings. The zero-order valence-electron chi connectivity index (χ0n) is 12.5. The Hall–Kier alpha value is -2.33. The molecule has 1 aromatic carbocycles. The molecule has 0 amide bonds. The van der Waals surface area contributed by atoms with Crippen molar-refractivity contribution in [1.82, 2.24) is 4.98 Å². The Morgan fingerprint density at radius 3 is 2.68 bits per heavy atom. The van der Waals surface area contributed by atoms with Crippen LogP contribution in [0, 0.1) is 0 Å². The highest BCUT2D eigenvalue weighted by Gasteiger charge is 2.04. The summed E-state index contributed by atoms with van der Waals surface area (Å²) in [5, 5.41) is 3.69. The molecule has 114 valence electrons. The summed E-state index contributed by atoms with van der Waals surface area (Å²) in [4.78, 5) is 15.4. The molecule has 0 aliphatic carbocycles. The van der Waals surface area contributed by atoms with Crippen LogP contribution >= 0.6 is 11.6 Å². The quantitative estimate of drug-likeness (QED) is 0.668. The maximum Gasteiger partial charge on any atom is 0.337 e. The Balaban J connectivity index is 2.00. The van der Waals surface area contributed by atoms with Crippen molar-refractivity contribution < 1.29 is 9.53 Å². The average molecular weight is 317 g/mol. The van der Waals surface area contributed by atoms with E-state index >= 15 is 0 Å². The molecule has 1 N–H and O–H groups in total. The van der Waals surface area contributed by atoms with Crippen molar-refractivity contribution in [3.8, 4) is 0 Å². The molecule has 0 saturated carbocycles. The molecule has 2 rings (SSSR count). The summed E-state index contributed by atoms with van der Waals surface area (Å²) >= 11 is 5.99. The maximum absolute atomic E-state index is 11.4. The van der Waals surface area contributed by atoms with E-state index in [0.29, 0.717) is 17.3 Å². The van der Waals surface area contributed by atoms with Crippen LogP contribution in [0.15, 0.2) is 48.2 Å². The van der Waals surface area contributed by atoms with Gasteiger partial charge in [0.05, 0.1) is 18.4 Å². The number of carbonyl (C=O) groups excluding carboxylic acids is 1. The Morgan fingerprint density at radius 1 is 1.32 bits per heavy atom. The number of aromatic nitrogens is 1. The van der Waals surface area contributed by atoms with Gasteiger partial charge in [-0.25, -0.2) is 9.78 Å². The van der Waals surface area contributed by atoms with Crippen LogP contribution in [-0.2, 0) is 4.74 Å². The fraction of sp³-hybridized carbons (Fsp3) is 0.176. The zero-order valence-corrected chi connectivity index (χ0v) is 13.2. The highest BCUT2D eigenvalue weighted by molar-refractivity contribution is 6.31. The first-order chi connectivity index (χ1) is 10.6. The van der Waals surface area contributed by atoms with Gasteiger partial charge in [0.1, 0.15) is 0 Å². The third-order valence-corrected chi connectivity index (χ3v) is 3.36. The lowest BCUT2D eigenvalue weighted by atomic mass is 10.1. The molecular weight excluding hydrogens is 300 g/mol. The molecule has 4 nitrogen and oxygen atoms in total. The maximum atomic E-state index is 11.4. The van der Waals surface area contributed by atoms with Crippen LogP contribution in [-0.4, -0.2) is 24.6 Å². The molecule has 5 heteroatoms. The van der Waals surface area contributed by atoms with Crippen LogP contribution in [0.1, 0.15) is 22.8 Å². The van der Waals surface area contributed by atoms with Gasteiger partial charge in [0.15, 0.2) is 5.15 Å². The molecule has 1 heterocycles. The van der Waals surface area contributed by atoms with E-state index in [4.69, 9.17) is 11.6 Å². The van der Waals surface area contributed by atoms with Crippen molar-refractivity contribution in [1.29, 1.82) is 0 Å². The number of pyridine rings is 1. The van der Waals surface area contributed by atoms with Gasteiger partial charge in [0, 0.05) is 12.7 Å². The number of carbonyl (C=O) groups is 1. The molecule has 1 aromatic heterocycles. The van der Waals surface area contributed by atoms with Gasteiger partial charge in [0.2, 0.25) is 0 Å². The number of esters is 1. The number of hydrogen-bond donors (Lipinski definition) is 1. The van der Waals surface area contributed by atoms with Gasteiger partial charge in [0.25, 0.3) is 0 Å². The van der Waals surface area contributed by atoms with E-state index in [1.807, 2.05) is 37.3 Å². The van der Waals surface area contributed by atoms with Crippen LogP contribution in [0.5, 0.6) is 0 Å². The second kappa shape index (κ2) is 7.61. The molecule has 0 unspecified atom stereocenters. The normalized spacial score (nSPS) is 11.1. The number of nitrogens with zero attached hydrogens (tertiary/aromatic N) is 1. The smallest absolute Gasteiger partial charge is 0.337 e. The largest absolute Gasteiger partial charge is 0.465 e. The fourth-order valence-corrected chi connectivity index (χ4v) is 2.11. The average Bonchev–Trinajstić information content (AvgIpc) is 2.54. The summed E-state index contributed by atoms with van der Waals surface area (Å²) in [5.74, 6) is -0.333. The van der Waals surface area contributed by atoms with E-state index in [1.54, 1.807) is 18.3 Å². The number of ether oxygens (including phenoxy) is 1. The van der Waals surface area contributed by atoms with Gasteiger partial charge in [-0.15, -0.1) is 0 Å². The highest BCUT2D eigenvalue weighted by atomic mass is 35.5. The van der Waals surface area contributed by atoms with Gasteiger partial charge in [-0.1, -0.05) is 35.4 Å². The molecular formula is C17H17ClN2O2. The molecule has 0 aliphatic heterocycles. The summed E-state index contributed by atoms with van der Waals surface area (Å²) in [6.07, 6.45) is 3.69. The second-order valence-electron chi connectivity index (χ2n) is 4.80. The highest BCUT2D eigenvalue weighted by Crippen LogP contribution is 2.18. The molecule has 0 spiro atoms. The number of rotatable bonds is 5. The molecule has 0 bridgehead atoms. The first-order valence-corrected chi connectivity index (χ1v) is 7.18. The molecule has 0 saturated heterocycles. The molecule has 2 aromatic rings. The minimum absolute atomic E-state index is 0.333. The first kappa shape index (κ1) is 16.0. The first-order valence-electron chi connectivity index (χ1n) is 6.80. The van der Waals surface area contributed by atoms with Gasteiger partial charge in [-0.2, -0.15) is 0 Å². The summed E-state index contributed by atoms with van der Waals surface area (Å²) in [7, 11) is 1.37. The monoisotopic (exact) mass is 316 g/mol. The summed E-state index contributed by atoms with van der Waals surface area (Å²) < 4.78 is 4.67. The predicted octanol–water partition coefficient (Wildman–Crippen LogP) is 4.04. The number of benzene rings is 1. The minimum Gasteiger partial charge on any atom is -0.465 e. The molecule has 0 aliphatic rings. The minimum atomic E-state index is -0.333. The lowest BCUT2D eigenvalue weighted by molar-refractivity contribution is 0.0601. The molecule has 0 atom stereocenters. The van der Waals surface area contributed by atoms with E-state index in [0.717, 1.165) is 16.8 Å². The van der Waals surface area contributed by atoms with Crippen molar-refractivity contribution in [3.05, 3.63) is 64.4 Å².